The molecule has 1 aliphatic heterocycles. The number of amides is 1. The van der Waals surface area contributed by atoms with Crippen LogP contribution < -0.4 is 15.0 Å². The Hall–Kier alpha value is -3.16. The average Bonchev–Trinajstić information content (AvgIpc) is 3.00. The maximum absolute atomic E-state index is 11.8. The van der Waals surface area contributed by atoms with Crippen LogP contribution in [0.15, 0.2) is 30.6 Å². The van der Waals surface area contributed by atoms with Crippen LogP contribution in [0.2, 0.25) is 0 Å². The molecule has 0 atom stereocenters. The van der Waals surface area contributed by atoms with E-state index in [-0.39, 0.29) is 12.5 Å². The van der Waals surface area contributed by atoms with Crippen LogP contribution in [0.25, 0.3) is 5.78 Å². The van der Waals surface area contributed by atoms with Gasteiger partial charge in [-0.05, 0) is 25.1 Å². The monoisotopic (exact) mass is 310 g/mol. The molecule has 2 aromatic heterocycles. The van der Waals surface area contributed by atoms with Crippen molar-refractivity contribution in [2.75, 3.05) is 23.9 Å². The zero-order valence-corrected chi connectivity index (χ0v) is 12.6. The molecule has 0 fully saturated rings. The molecule has 1 amide bonds. The van der Waals surface area contributed by atoms with Crippen molar-refractivity contribution >= 4 is 28.9 Å². The number of hydrogen-bond acceptors (Lipinski definition) is 6. The molecule has 0 spiro atoms. The molecule has 0 bridgehead atoms. The summed E-state index contributed by atoms with van der Waals surface area (Å²) in [4.78, 5) is 21.8. The first kappa shape index (κ1) is 13.5. The van der Waals surface area contributed by atoms with Crippen LogP contribution in [-0.4, -0.2) is 39.1 Å². The maximum atomic E-state index is 11.8. The van der Waals surface area contributed by atoms with Gasteiger partial charge in [0.1, 0.15) is 17.9 Å². The first-order valence-corrected chi connectivity index (χ1v) is 7.09. The van der Waals surface area contributed by atoms with Crippen molar-refractivity contribution < 1.29 is 9.53 Å². The summed E-state index contributed by atoms with van der Waals surface area (Å²) in [6, 6.07) is 7.48. The molecule has 4 rings (SSSR count). The first-order valence-electron chi connectivity index (χ1n) is 7.09. The van der Waals surface area contributed by atoms with Crippen molar-refractivity contribution in [1.29, 1.82) is 0 Å². The molecule has 8 nitrogen and oxygen atoms in total. The van der Waals surface area contributed by atoms with E-state index >= 15 is 0 Å². The summed E-state index contributed by atoms with van der Waals surface area (Å²) in [5.74, 6) is 1.89. The number of rotatable bonds is 2. The number of nitrogens with one attached hydrogen (secondary N) is 1. The number of carbonyl (C=O) groups excluding carboxylic acids is 1. The van der Waals surface area contributed by atoms with Crippen LogP contribution in [0.1, 0.15) is 5.69 Å². The fourth-order valence-electron chi connectivity index (χ4n) is 2.52. The van der Waals surface area contributed by atoms with Crippen LogP contribution in [0, 0.1) is 6.92 Å². The smallest absolute Gasteiger partial charge is 0.264 e. The van der Waals surface area contributed by atoms with Gasteiger partial charge in [-0.1, -0.05) is 0 Å². The number of ether oxygens (including phenoxy) is 1. The minimum atomic E-state index is -0.0759. The van der Waals surface area contributed by atoms with Crippen molar-refractivity contribution in [3.8, 4) is 5.75 Å². The molecule has 1 aliphatic rings. The number of benzene rings is 1. The van der Waals surface area contributed by atoms with Gasteiger partial charge in [0.05, 0.1) is 5.69 Å². The molecule has 0 radical (unpaired) electrons. The summed E-state index contributed by atoms with van der Waals surface area (Å²) in [5, 5.41) is 7.45. The number of aryl methyl sites for hydroxylation is 1. The molecule has 0 aliphatic carbocycles. The van der Waals surface area contributed by atoms with Crippen LogP contribution >= 0.6 is 0 Å². The largest absolute Gasteiger partial charge is 0.482 e. The van der Waals surface area contributed by atoms with E-state index in [2.05, 4.69) is 20.4 Å². The predicted molar refractivity (Wildman–Crippen MR) is 84.1 cm³/mol. The standard InChI is InChI=1S/C15H14N6O2/c1-9-5-13(21-15(18-9)16-8-17-21)19-10-3-4-12-11(6-10)20(2)14(22)7-23-12/h3-6,8,19H,7H2,1-2H3. The van der Waals surface area contributed by atoms with E-state index in [1.807, 2.05) is 31.2 Å². The predicted octanol–water partition coefficient (Wildman–Crippen LogP) is 1.53. The van der Waals surface area contributed by atoms with E-state index in [1.54, 1.807) is 16.5 Å². The van der Waals surface area contributed by atoms with Crippen molar-refractivity contribution in [2.24, 2.45) is 0 Å². The molecule has 1 N–H and O–H groups in total. The third-order valence-corrected chi connectivity index (χ3v) is 3.70. The number of fused-ring (bicyclic) bond motifs is 2. The summed E-state index contributed by atoms with van der Waals surface area (Å²) >= 11 is 0. The van der Waals surface area contributed by atoms with E-state index in [9.17, 15) is 4.79 Å². The van der Waals surface area contributed by atoms with Gasteiger partial charge in [0, 0.05) is 24.5 Å². The Morgan fingerprint density at radius 3 is 3.04 bits per heavy atom. The molecule has 0 saturated carbocycles. The first-order chi connectivity index (χ1) is 11.1. The summed E-state index contributed by atoms with van der Waals surface area (Å²) in [6.45, 7) is 1.96. The summed E-state index contributed by atoms with van der Waals surface area (Å²) < 4.78 is 7.05. The Labute approximate surface area is 131 Å². The minimum absolute atomic E-state index is 0.0689. The van der Waals surface area contributed by atoms with Crippen LogP contribution in [-0.2, 0) is 4.79 Å². The lowest BCUT2D eigenvalue weighted by atomic mass is 10.2. The molecule has 0 saturated heterocycles. The molecular formula is C15H14N6O2. The number of anilines is 3. The van der Waals surface area contributed by atoms with E-state index in [4.69, 9.17) is 4.74 Å². The van der Waals surface area contributed by atoms with E-state index in [1.165, 1.54) is 6.33 Å². The third-order valence-electron chi connectivity index (χ3n) is 3.70. The quantitative estimate of drug-likeness (QED) is 0.773. The normalized spacial score (nSPS) is 13.8. The Morgan fingerprint density at radius 1 is 1.30 bits per heavy atom. The topological polar surface area (TPSA) is 84.7 Å². The van der Waals surface area contributed by atoms with Crippen molar-refractivity contribution in [2.45, 2.75) is 6.92 Å². The fraction of sp³-hybridized carbons (Fsp3) is 0.200. The Bertz CT molecular complexity index is 919. The van der Waals surface area contributed by atoms with Crippen molar-refractivity contribution in [1.82, 2.24) is 19.6 Å². The number of aromatic nitrogens is 4. The van der Waals surface area contributed by atoms with Crippen LogP contribution in [0.5, 0.6) is 5.75 Å². The average molecular weight is 310 g/mol. The number of carbonyl (C=O) groups is 1. The summed E-state index contributed by atoms with van der Waals surface area (Å²) in [5.41, 5.74) is 2.38. The highest BCUT2D eigenvalue weighted by Gasteiger charge is 2.22. The van der Waals surface area contributed by atoms with E-state index in [0.717, 1.165) is 22.9 Å². The zero-order valence-electron chi connectivity index (χ0n) is 12.6. The van der Waals surface area contributed by atoms with Gasteiger partial charge in [-0.3, -0.25) is 4.79 Å². The van der Waals surface area contributed by atoms with Crippen molar-refractivity contribution in [3.05, 3.63) is 36.3 Å². The number of likely N-dealkylation sites (N-methyl/N-ethyl adjacent to an activating group) is 1. The zero-order chi connectivity index (χ0) is 16.0. The van der Waals surface area contributed by atoms with Gasteiger partial charge >= 0.3 is 0 Å². The molecule has 3 heterocycles. The number of nitrogens with zero attached hydrogens (tertiary/aromatic N) is 5. The second kappa shape index (κ2) is 4.94. The highest BCUT2D eigenvalue weighted by Crippen LogP contribution is 2.34. The molecule has 116 valence electrons. The Balaban J connectivity index is 1.74. The number of hydrogen-bond donors (Lipinski definition) is 1. The Morgan fingerprint density at radius 2 is 2.17 bits per heavy atom. The molecular weight excluding hydrogens is 296 g/mol. The lowest BCUT2D eigenvalue weighted by Crippen LogP contribution is -2.35. The van der Waals surface area contributed by atoms with E-state index < -0.39 is 0 Å². The summed E-state index contributed by atoms with van der Waals surface area (Å²) in [7, 11) is 1.74. The second-order valence-corrected chi connectivity index (χ2v) is 5.30. The van der Waals surface area contributed by atoms with Gasteiger partial charge in [-0.15, -0.1) is 0 Å². The Kier molecular flexibility index (Phi) is 2.90. The lowest BCUT2D eigenvalue weighted by Gasteiger charge is -2.26. The van der Waals surface area contributed by atoms with Gasteiger partial charge in [0.2, 0.25) is 0 Å². The third kappa shape index (κ3) is 2.24. The molecule has 3 aromatic rings. The van der Waals surface area contributed by atoms with Gasteiger partial charge in [-0.25, -0.2) is 4.98 Å². The van der Waals surface area contributed by atoms with Crippen LogP contribution in [0.3, 0.4) is 0 Å². The van der Waals surface area contributed by atoms with Gasteiger partial charge in [-0.2, -0.15) is 14.6 Å². The molecule has 8 heteroatoms. The maximum Gasteiger partial charge on any atom is 0.264 e. The van der Waals surface area contributed by atoms with Crippen molar-refractivity contribution in [3.63, 3.8) is 0 Å². The highest BCUT2D eigenvalue weighted by molar-refractivity contribution is 5.98. The van der Waals surface area contributed by atoms with Gasteiger partial charge < -0.3 is 15.0 Å². The summed E-state index contributed by atoms with van der Waals surface area (Å²) in [6.07, 6.45) is 1.46. The second-order valence-electron chi connectivity index (χ2n) is 5.30. The highest BCUT2D eigenvalue weighted by atomic mass is 16.5. The van der Waals surface area contributed by atoms with Crippen LogP contribution in [0.4, 0.5) is 17.2 Å². The fourth-order valence-corrected chi connectivity index (χ4v) is 2.52. The lowest BCUT2D eigenvalue weighted by molar-refractivity contribution is -0.120. The minimum Gasteiger partial charge on any atom is -0.482 e. The SMILES string of the molecule is Cc1cc(Nc2ccc3c(c2)N(C)C(=O)CO3)n2ncnc2n1. The van der Waals surface area contributed by atoms with Gasteiger partial charge in [0.15, 0.2) is 6.61 Å². The molecule has 0 unspecified atom stereocenters. The molecule has 23 heavy (non-hydrogen) atoms. The molecule has 1 aromatic carbocycles. The van der Waals surface area contributed by atoms with Gasteiger partial charge in [0.25, 0.3) is 11.7 Å². The van der Waals surface area contributed by atoms with E-state index in [0.29, 0.717) is 11.5 Å².